The first-order valence-corrected chi connectivity index (χ1v) is 8.57. The van der Waals surface area contributed by atoms with Crippen LogP contribution in [0.2, 0.25) is 0 Å². The summed E-state index contributed by atoms with van der Waals surface area (Å²) in [4.78, 5) is 12.3. The minimum Gasteiger partial charge on any atom is -0.456 e. The van der Waals surface area contributed by atoms with Crippen LogP contribution in [-0.2, 0) is 12.8 Å². The van der Waals surface area contributed by atoms with Crippen molar-refractivity contribution >= 4 is 5.91 Å². The van der Waals surface area contributed by atoms with Crippen molar-refractivity contribution in [3.63, 3.8) is 0 Å². The van der Waals surface area contributed by atoms with Crippen molar-refractivity contribution in [3.05, 3.63) is 71.4 Å². The molecule has 130 valence electrons. The van der Waals surface area contributed by atoms with Crippen molar-refractivity contribution in [1.29, 1.82) is 0 Å². The molecule has 0 aliphatic heterocycles. The first-order chi connectivity index (χ1) is 12.1. The van der Waals surface area contributed by atoms with E-state index in [4.69, 9.17) is 4.42 Å². The summed E-state index contributed by atoms with van der Waals surface area (Å²) in [5, 5.41) is 7.57. The lowest BCUT2D eigenvalue weighted by Crippen LogP contribution is -2.34. The predicted octanol–water partition coefficient (Wildman–Crippen LogP) is 3.70. The van der Waals surface area contributed by atoms with Crippen LogP contribution < -0.4 is 5.32 Å². The van der Waals surface area contributed by atoms with Crippen molar-refractivity contribution in [1.82, 2.24) is 15.1 Å². The fourth-order valence-electron chi connectivity index (χ4n) is 2.84. The predicted molar refractivity (Wildman–Crippen MR) is 97.0 cm³/mol. The van der Waals surface area contributed by atoms with Gasteiger partial charge in [0.15, 0.2) is 5.76 Å². The molecule has 0 saturated carbocycles. The number of nitrogens with one attached hydrogen (secondary N) is 1. The summed E-state index contributed by atoms with van der Waals surface area (Å²) in [5.74, 6) is 0.988. The molecule has 3 aromatic rings. The van der Waals surface area contributed by atoms with Gasteiger partial charge in [-0.1, -0.05) is 25.1 Å². The van der Waals surface area contributed by atoms with Crippen LogP contribution in [0.5, 0.6) is 0 Å². The second kappa shape index (κ2) is 7.38. The van der Waals surface area contributed by atoms with Gasteiger partial charge in [-0.2, -0.15) is 5.10 Å². The monoisotopic (exact) mass is 337 g/mol. The van der Waals surface area contributed by atoms with Gasteiger partial charge in [0.05, 0.1) is 11.4 Å². The number of rotatable bonds is 6. The average molecular weight is 337 g/mol. The molecule has 0 radical (unpaired) electrons. The number of furan rings is 1. The van der Waals surface area contributed by atoms with Gasteiger partial charge in [-0.3, -0.25) is 4.79 Å². The standard InChI is InChI=1S/C20H23N3O2/c1-4-18-10-11-19(25-18)20(24)21-14(2)12-17-13-15(3)22-23(17)16-8-6-5-7-9-16/h5-11,13-14H,4,12H2,1-3H3,(H,21,24). The highest BCUT2D eigenvalue weighted by Gasteiger charge is 2.16. The Morgan fingerprint density at radius 1 is 1.24 bits per heavy atom. The molecule has 0 fully saturated rings. The summed E-state index contributed by atoms with van der Waals surface area (Å²) in [7, 11) is 0. The van der Waals surface area contributed by atoms with Crippen LogP contribution in [-0.4, -0.2) is 21.7 Å². The minimum atomic E-state index is -0.185. The van der Waals surface area contributed by atoms with Crippen LogP contribution >= 0.6 is 0 Å². The number of carbonyl (C=O) groups excluding carboxylic acids is 1. The zero-order chi connectivity index (χ0) is 17.8. The van der Waals surface area contributed by atoms with Crippen molar-refractivity contribution < 1.29 is 9.21 Å². The highest BCUT2D eigenvalue weighted by molar-refractivity contribution is 5.91. The van der Waals surface area contributed by atoms with Crippen LogP contribution in [0.15, 0.2) is 52.9 Å². The van der Waals surface area contributed by atoms with Crippen LogP contribution in [0.4, 0.5) is 0 Å². The van der Waals surface area contributed by atoms with Crippen LogP contribution in [0, 0.1) is 6.92 Å². The fourth-order valence-corrected chi connectivity index (χ4v) is 2.84. The topological polar surface area (TPSA) is 60.1 Å². The smallest absolute Gasteiger partial charge is 0.287 e. The quantitative estimate of drug-likeness (QED) is 0.746. The van der Waals surface area contributed by atoms with Gasteiger partial charge in [0.1, 0.15) is 5.76 Å². The van der Waals surface area contributed by atoms with Gasteiger partial charge in [-0.05, 0) is 44.2 Å². The molecule has 2 heterocycles. The first kappa shape index (κ1) is 17.0. The third-order valence-corrected chi connectivity index (χ3v) is 4.03. The van der Waals surface area contributed by atoms with Crippen molar-refractivity contribution in [2.24, 2.45) is 0 Å². The number of hydrogen-bond donors (Lipinski definition) is 1. The molecule has 0 aliphatic carbocycles. The van der Waals surface area contributed by atoms with E-state index in [1.807, 2.05) is 61.9 Å². The highest BCUT2D eigenvalue weighted by Crippen LogP contribution is 2.15. The van der Waals surface area contributed by atoms with E-state index >= 15 is 0 Å². The molecule has 5 nitrogen and oxygen atoms in total. The summed E-state index contributed by atoms with van der Waals surface area (Å²) < 4.78 is 7.44. The van der Waals surface area contributed by atoms with E-state index in [-0.39, 0.29) is 11.9 Å². The van der Waals surface area contributed by atoms with Gasteiger partial charge in [-0.15, -0.1) is 0 Å². The van der Waals surface area contributed by atoms with E-state index in [0.29, 0.717) is 12.2 Å². The zero-order valence-electron chi connectivity index (χ0n) is 14.8. The van der Waals surface area contributed by atoms with Crippen LogP contribution in [0.3, 0.4) is 0 Å². The summed E-state index contributed by atoms with van der Waals surface area (Å²) in [6.07, 6.45) is 1.46. The normalized spacial score (nSPS) is 12.1. The molecule has 5 heteroatoms. The molecule has 1 unspecified atom stereocenters. The molecule has 1 atom stereocenters. The molecule has 0 bridgehead atoms. The Morgan fingerprint density at radius 3 is 2.68 bits per heavy atom. The third-order valence-electron chi connectivity index (χ3n) is 4.03. The molecule has 1 N–H and O–H groups in total. The lowest BCUT2D eigenvalue weighted by atomic mass is 10.1. The second-order valence-electron chi connectivity index (χ2n) is 6.22. The molecule has 3 rings (SSSR count). The number of aryl methyl sites for hydroxylation is 2. The first-order valence-electron chi connectivity index (χ1n) is 8.57. The number of nitrogens with zero attached hydrogens (tertiary/aromatic N) is 2. The Kier molecular flexibility index (Phi) is 5.03. The third kappa shape index (κ3) is 3.99. The largest absolute Gasteiger partial charge is 0.456 e. The number of para-hydroxylation sites is 1. The minimum absolute atomic E-state index is 0.0405. The van der Waals surface area contributed by atoms with Crippen LogP contribution in [0.1, 0.15) is 41.6 Å². The summed E-state index contributed by atoms with van der Waals surface area (Å²) >= 11 is 0. The highest BCUT2D eigenvalue weighted by atomic mass is 16.3. The number of carbonyl (C=O) groups is 1. The molecule has 0 aliphatic rings. The molecule has 1 amide bonds. The molecule has 25 heavy (non-hydrogen) atoms. The number of benzene rings is 1. The molecule has 2 aromatic heterocycles. The lowest BCUT2D eigenvalue weighted by molar-refractivity contribution is 0.0910. The Bertz CT molecular complexity index is 849. The van der Waals surface area contributed by atoms with E-state index < -0.39 is 0 Å². The summed E-state index contributed by atoms with van der Waals surface area (Å²) in [6.45, 7) is 5.96. The molecule has 1 aromatic carbocycles. The van der Waals surface area contributed by atoms with Gasteiger partial charge < -0.3 is 9.73 Å². The van der Waals surface area contributed by atoms with Gasteiger partial charge >= 0.3 is 0 Å². The maximum Gasteiger partial charge on any atom is 0.287 e. The average Bonchev–Trinajstić information content (AvgIpc) is 3.22. The number of aromatic nitrogens is 2. The van der Waals surface area contributed by atoms with E-state index in [2.05, 4.69) is 16.5 Å². The second-order valence-corrected chi connectivity index (χ2v) is 6.22. The van der Waals surface area contributed by atoms with E-state index in [9.17, 15) is 4.79 Å². The number of hydrogen-bond acceptors (Lipinski definition) is 3. The van der Waals surface area contributed by atoms with Crippen LogP contribution in [0.25, 0.3) is 5.69 Å². The Labute approximate surface area is 147 Å². The molecular weight excluding hydrogens is 314 g/mol. The van der Waals surface area contributed by atoms with Crippen molar-refractivity contribution in [3.8, 4) is 5.69 Å². The van der Waals surface area contributed by atoms with Crippen molar-refractivity contribution in [2.75, 3.05) is 0 Å². The van der Waals surface area contributed by atoms with Gasteiger partial charge in [0.25, 0.3) is 5.91 Å². The Hall–Kier alpha value is -2.82. The van der Waals surface area contributed by atoms with E-state index in [0.717, 1.165) is 29.3 Å². The molecule has 0 saturated heterocycles. The lowest BCUT2D eigenvalue weighted by Gasteiger charge is -2.14. The van der Waals surface area contributed by atoms with Gasteiger partial charge in [0, 0.05) is 24.6 Å². The molecular formula is C20H23N3O2. The van der Waals surface area contributed by atoms with Gasteiger partial charge in [0.2, 0.25) is 0 Å². The molecule has 0 spiro atoms. The fraction of sp³-hybridized carbons (Fsp3) is 0.300. The SMILES string of the molecule is CCc1ccc(C(=O)NC(C)Cc2cc(C)nn2-c2ccccc2)o1. The zero-order valence-corrected chi connectivity index (χ0v) is 14.8. The Morgan fingerprint density at radius 2 is 2.00 bits per heavy atom. The van der Waals surface area contributed by atoms with Crippen molar-refractivity contribution in [2.45, 2.75) is 39.7 Å². The maximum atomic E-state index is 12.3. The summed E-state index contributed by atoms with van der Waals surface area (Å²) in [5.41, 5.74) is 3.03. The van der Waals surface area contributed by atoms with E-state index in [1.54, 1.807) is 6.07 Å². The van der Waals surface area contributed by atoms with E-state index in [1.165, 1.54) is 0 Å². The van der Waals surface area contributed by atoms with Gasteiger partial charge in [-0.25, -0.2) is 4.68 Å². The number of amides is 1. The summed E-state index contributed by atoms with van der Waals surface area (Å²) in [6, 6.07) is 15.6. The Balaban J connectivity index is 1.71. The maximum absolute atomic E-state index is 12.3.